The molecule has 0 aliphatic heterocycles. The minimum absolute atomic E-state index is 0.00637. The van der Waals surface area contributed by atoms with Crippen LogP contribution in [0.25, 0.3) is 0 Å². The van der Waals surface area contributed by atoms with E-state index < -0.39 is 0 Å². The van der Waals surface area contributed by atoms with Crippen molar-refractivity contribution in [2.75, 3.05) is 5.32 Å². The van der Waals surface area contributed by atoms with Gasteiger partial charge in [0.05, 0.1) is 0 Å². The summed E-state index contributed by atoms with van der Waals surface area (Å²) in [5.41, 5.74) is 3.34. The SMILES string of the molecule is CCC(C)(C)NC(=S)Nc1cccc(C(=O)c2ccc(C(C)(C)C)cc2)c1. The summed E-state index contributed by atoms with van der Waals surface area (Å²) in [6.07, 6.45) is 0.956. The Balaban J connectivity index is 2.14. The van der Waals surface area contributed by atoms with E-state index in [-0.39, 0.29) is 16.7 Å². The fourth-order valence-electron chi connectivity index (χ4n) is 2.58. The molecule has 27 heavy (non-hydrogen) atoms. The Kier molecular flexibility index (Phi) is 6.42. The van der Waals surface area contributed by atoms with Crippen LogP contribution in [0.2, 0.25) is 0 Å². The van der Waals surface area contributed by atoms with Crippen molar-refractivity contribution >= 4 is 28.8 Å². The summed E-state index contributed by atoms with van der Waals surface area (Å²) in [5.74, 6) is 0.00637. The number of ketones is 1. The summed E-state index contributed by atoms with van der Waals surface area (Å²) in [7, 11) is 0. The number of carbonyl (C=O) groups is 1. The van der Waals surface area contributed by atoms with Gasteiger partial charge in [-0.1, -0.05) is 64.1 Å². The average Bonchev–Trinajstić information content (AvgIpc) is 2.60. The number of anilines is 1. The Morgan fingerprint density at radius 2 is 1.59 bits per heavy atom. The van der Waals surface area contributed by atoms with Crippen molar-refractivity contribution in [1.82, 2.24) is 5.32 Å². The Morgan fingerprint density at radius 3 is 2.15 bits per heavy atom. The number of thiocarbonyl (C=S) groups is 1. The van der Waals surface area contributed by atoms with Gasteiger partial charge in [-0.05, 0) is 55.6 Å². The second-order valence-corrected chi connectivity index (χ2v) is 8.96. The van der Waals surface area contributed by atoms with Crippen LogP contribution in [0.1, 0.15) is 69.4 Å². The molecule has 2 N–H and O–H groups in total. The maximum atomic E-state index is 12.8. The van der Waals surface area contributed by atoms with Crippen molar-refractivity contribution in [2.24, 2.45) is 0 Å². The topological polar surface area (TPSA) is 41.1 Å². The second-order valence-electron chi connectivity index (χ2n) is 8.55. The van der Waals surface area contributed by atoms with Crippen LogP contribution >= 0.6 is 12.2 Å². The largest absolute Gasteiger partial charge is 0.358 e. The molecule has 0 saturated carbocycles. The molecule has 0 spiro atoms. The van der Waals surface area contributed by atoms with Gasteiger partial charge in [-0.2, -0.15) is 0 Å². The molecular formula is C23H30N2OS. The molecule has 2 aromatic rings. The maximum Gasteiger partial charge on any atom is 0.193 e. The third-order valence-electron chi connectivity index (χ3n) is 4.73. The monoisotopic (exact) mass is 382 g/mol. The highest BCUT2D eigenvalue weighted by Gasteiger charge is 2.17. The molecule has 0 fully saturated rings. The first-order valence-corrected chi connectivity index (χ1v) is 9.77. The Hall–Kier alpha value is -2.20. The highest BCUT2D eigenvalue weighted by molar-refractivity contribution is 7.80. The highest BCUT2D eigenvalue weighted by atomic mass is 32.1. The quantitative estimate of drug-likeness (QED) is 0.515. The lowest BCUT2D eigenvalue weighted by Crippen LogP contribution is -2.44. The van der Waals surface area contributed by atoms with E-state index in [1.54, 1.807) is 0 Å². The Bertz CT molecular complexity index is 817. The van der Waals surface area contributed by atoms with Crippen LogP contribution in [-0.2, 0) is 5.41 Å². The number of carbonyl (C=O) groups excluding carboxylic acids is 1. The first-order valence-electron chi connectivity index (χ1n) is 9.36. The molecule has 0 heterocycles. The van der Waals surface area contributed by atoms with Gasteiger partial charge >= 0.3 is 0 Å². The maximum absolute atomic E-state index is 12.8. The molecule has 0 atom stereocenters. The summed E-state index contributed by atoms with van der Waals surface area (Å²) < 4.78 is 0. The lowest BCUT2D eigenvalue weighted by molar-refractivity contribution is 0.103. The minimum Gasteiger partial charge on any atom is -0.358 e. The first-order chi connectivity index (χ1) is 12.5. The molecule has 0 aromatic heterocycles. The molecule has 3 nitrogen and oxygen atoms in total. The summed E-state index contributed by atoms with van der Waals surface area (Å²) >= 11 is 5.39. The summed E-state index contributed by atoms with van der Waals surface area (Å²) in [6.45, 7) is 12.8. The lowest BCUT2D eigenvalue weighted by atomic mass is 9.86. The summed E-state index contributed by atoms with van der Waals surface area (Å²) in [6, 6.07) is 15.3. The van der Waals surface area contributed by atoms with Crippen LogP contribution in [0, 0.1) is 0 Å². The number of nitrogens with one attached hydrogen (secondary N) is 2. The van der Waals surface area contributed by atoms with Gasteiger partial charge in [0, 0.05) is 22.4 Å². The minimum atomic E-state index is -0.0771. The van der Waals surface area contributed by atoms with Gasteiger partial charge in [0.15, 0.2) is 10.9 Å². The number of hydrogen-bond acceptors (Lipinski definition) is 2. The molecule has 0 aliphatic rings. The van der Waals surface area contributed by atoms with Crippen molar-refractivity contribution in [3.63, 3.8) is 0 Å². The van der Waals surface area contributed by atoms with E-state index in [1.807, 2.05) is 48.5 Å². The van der Waals surface area contributed by atoms with Gasteiger partial charge in [-0.3, -0.25) is 4.79 Å². The van der Waals surface area contributed by atoms with Crippen molar-refractivity contribution in [2.45, 2.75) is 58.9 Å². The molecule has 4 heteroatoms. The van der Waals surface area contributed by atoms with E-state index in [2.05, 4.69) is 52.2 Å². The summed E-state index contributed by atoms with van der Waals surface area (Å²) in [5, 5.41) is 7.02. The average molecular weight is 383 g/mol. The Labute approximate surface area is 168 Å². The van der Waals surface area contributed by atoms with E-state index in [0.717, 1.165) is 12.1 Å². The van der Waals surface area contributed by atoms with Gasteiger partial charge in [0.1, 0.15) is 0 Å². The molecule has 0 radical (unpaired) electrons. The summed E-state index contributed by atoms with van der Waals surface area (Å²) in [4.78, 5) is 12.8. The van der Waals surface area contributed by atoms with Crippen LogP contribution in [0.15, 0.2) is 48.5 Å². The smallest absolute Gasteiger partial charge is 0.193 e. The predicted octanol–water partition coefficient (Wildman–Crippen LogP) is 5.69. The standard InChI is InChI=1S/C23H30N2OS/c1-7-23(5,6)25-21(27)24-19-10-8-9-17(15-19)20(26)16-11-13-18(14-12-16)22(2,3)4/h8-15H,7H2,1-6H3,(H2,24,25,27). The molecule has 2 rings (SSSR count). The number of hydrogen-bond donors (Lipinski definition) is 2. The van der Waals surface area contributed by atoms with Gasteiger partial charge in [-0.15, -0.1) is 0 Å². The van der Waals surface area contributed by atoms with Crippen molar-refractivity contribution < 1.29 is 4.79 Å². The zero-order chi connectivity index (χ0) is 20.2. The third-order valence-corrected chi connectivity index (χ3v) is 4.94. The molecular weight excluding hydrogens is 352 g/mol. The van der Waals surface area contributed by atoms with Gasteiger partial charge < -0.3 is 10.6 Å². The fourth-order valence-corrected chi connectivity index (χ4v) is 2.98. The van der Waals surface area contributed by atoms with Crippen LogP contribution < -0.4 is 10.6 Å². The zero-order valence-corrected chi connectivity index (χ0v) is 18.0. The molecule has 144 valence electrons. The van der Waals surface area contributed by atoms with E-state index in [0.29, 0.717) is 16.2 Å². The van der Waals surface area contributed by atoms with Crippen molar-refractivity contribution in [3.05, 3.63) is 65.2 Å². The first kappa shape index (κ1) is 21.1. The molecule has 0 aliphatic carbocycles. The molecule has 0 unspecified atom stereocenters. The van der Waals surface area contributed by atoms with Crippen LogP contribution in [-0.4, -0.2) is 16.4 Å². The highest BCUT2D eigenvalue weighted by Crippen LogP contribution is 2.23. The normalized spacial score (nSPS) is 11.8. The van der Waals surface area contributed by atoms with E-state index in [9.17, 15) is 4.79 Å². The van der Waals surface area contributed by atoms with E-state index in [4.69, 9.17) is 12.2 Å². The number of rotatable bonds is 5. The van der Waals surface area contributed by atoms with Gasteiger partial charge in [-0.25, -0.2) is 0 Å². The van der Waals surface area contributed by atoms with Crippen molar-refractivity contribution in [3.8, 4) is 0 Å². The van der Waals surface area contributed by atoms with E-state index in [1.165, 1.54) is 5.56 Å². The molecule has 2 aromatic carbocycles. The van der Waals surface area contributed by atoms with Crippen molar-refractivity contribution in [1.29, 1.82) is 0 Å². The molecule has 0 saturated heterocycles. The van der Waals surface area contributed by atoms with Crippen LogP contribution in [0.3, 0.4) is 0 Å². The van der Waals surface area contributed by atoms with E-state index >= 15 is 0 Å². The van der Waals surface area contributed by atoms with Gasteiger partial charge in [0.25, 0.3) is 0 Å². The second kappa shape index (κ2) is 8.22. The van der Waals surface area contributed by atoms with Crippen LogP contribution in [0.4, 0.5) is 5.69 Å². The molecule has 0 bridgehead atoms. The Morgan fingerprint density at radius 1 is 0.963 bits per heavy atom. The van der Waals surface area contributed by atoms with Crippen LogP contribution in [0.5, 0.6) is 0 Å². The third kappa shape index (κ3) is 5.90. The predicted molar refractivity (Wildman–Crippen MR) is 119 cm³/mol. The number of benzene rings is 2. The van der Waals surface area contributed by atoms with Gasteiger partial charge in [0.2, 0.25) is 0 Å². The lowest BCUT2D eigenvalue weighted by Gasteiger charge is -2.26. The fraction of sp³-hybridized carbons (Fsp3) is 0.391. The zero-order valence-electron chi connectivity index (χ0n) is 17.1. The molecule has 0 amide bonds.